The first-order valence-corrected chi connectivity index (χ1v) is 12.5. The van der Waals surface area contributed by atoms with Crippen LogP contribution in [0.3, 0.4) is 0 Å². The minimum atomic E-state index is -3.80. The topological polar surface area (TPSA) is 114 Å². The molecule has 1 heterocycles. The third-order valence-electron chi connectivity index (χ3n) is 5.50. The molecule has 0 saturated heterocycles. The number of imidazole rings is 1. The van der Waals surface area contributed by atoms with E-state index in [9.17, 15) is 13.2 Å². The average molecular weight is 489 g/mol. The zero-order chi connectivity index (χ0) is 25.0. The van der Waals surface area contributed by atoms with Gasteiger partial charge in [0.2, 0.25) is 0 Å². The van der Waals surface area contributed by atoms with Crippen LogP contribution in [0.4, 0.5) is 5.69 Å². The Bertz CT molecular complexity index is 1530. The van der Waals surface area contributed by atoms with E-state index in [0.29, 0.717) is 40.1 Å². The average Bonchev–Trinajstić information content (AvgIpc) is 3.15. The molecule has 0 saturated carbocycles. The molecule has 4 rings (SSSR count). The summed E-state index contributed by atoms with van der Waals surface area (Å²) in [4.78, 5) is 17.2. The van der Waals surface area contributed by atoms with Crippen molar-refractivity contribution in [2.45, 2.75) is 31.7 Å². The highest BCUT2D eigenvalue weighted by molar-refractivity contribution is 7.92. The number of hydrogen-bond donors (Lipinski definition) is 1. The molecule has 0 aliphatic heterocycles. The van der Waals surface area contributed by atoms with E-state index in [2.05, 4.69) is 15.8 Å². The van der Waals surface area contributed by atoms with E-state index >= 15 is 0 Å². The van der Waals surface area contributed by atoms with Crippen LogP contribution >= 0.6 is 0 Å². The predicted octanol–water partition coefficient (Wildman–Crippen LogP) is 4.17. The second kappa shape index (κ2) is 9.99. The largest absolute Gasteiger partial charge is 0.465 e. The van der Waals surface area contributed by atoms with Gasteiger partial charge in [0.05, 0.1) is 39.9 Å². The summed E-state index contributed by atoms with van der Waals surface area (Å²) in [6.45, 7) is 3.66. The summed E-state index contributed by atoms with van der Waals surface area (Å²) in [5, 5.41) is 9.04. The van der Waals surface area contributed by atoms with Gasteiger partial charge in [0.15, 0.2) is 0 Å². The molecule has 178 valence electrons. The Labute approximate surface area is 203 Å². The number of fused-ring (bicyclic) bond motifs is 1. The number of aryl methyl sites for hydroxylation is 1. The highest BCUT2D eigenvalue weighted by Gasteiger charge is 2.19. The van der Waals surface area contributed by atoms with Gasteiger partial charge in [-0.1, -0.05) is 30.3 Å². The molecule has 0 unspecified atom stereocenters. The van der Waals surface area contributed by atoms with Crippen LogP contribution in [0.2, 0.25) is 0 Å². The van der Waals surface area contributed by atoms with Gasteiger partial charge in [0.25, 0.3) is 10.0 Å². The molecule has 0 bridgehead atoms. The Morgan fingerprint density at radius 2 is 1.86 bits per heavy atom. The smallest absolute Gasteiger partial charge is 0.326 e. The quantitative estimate of drug-likeness (QED) is 0.372. The number of hydrogen-bond acceptors (Lipinski definition) is 6. The standard InChI is InChI=1S/C26H24N4O4S/c1-3-34-26(31)17-30-23-15-21(29-35(32,33)24-7-5-4-6-18(24)2)12-13-22(23)28-25(30)14-19-8-10-20(16-27)11-9-19/h4-13,15,29H,3,14,17H2,1-2H3. The summed E-state index contributed by atoms with van der Waals surface area (Å²) in [6.07, 6.45) is 0.421. The highest BCUT2D eigenvalue weighted by atomic mass is 32.2. The van der Waals surface area contributed by atoms with E-state index in [1.807, 2.05) is 12.1 Å². The van der Waals surface area contributed by atoms with E-state index in [1.54, 1.807) is 73.0 Å². The number of nitriles is 1. The molecule has 0 atom stereocenters. The van der Waals surface area contributed by atoms with Crippen LogP contribution in [0.15, 0.2) is 71.6 Å². The SMILES string of the molecule is CCOC(=O)Cn1c(Cc2ccc(C#N)cc2)nc2ccc(NS(=O)(=O)c3ccccc3C)cc21. The van der Waals surface area contributed by atoms with Crippen LogP contribution in [0.5, 0.6) is 0 Å². The number of anilines is 1. The van der Waals surface area contributed by atoms with E-state index in [1.165, 1.54) is 0 Å². The first-order chi connectivity index (χ1) is 16.8. The molecule has 8 nitrogen and oxygen atoms in total. The zero-order valence-electron chi connectivity index (χ0n) is 19.4. The molecule has 0 aliphatic carbocycles. The fraction of sp³-hybridized carbons (Fsp3) is 0.192. The summed E-state index contributed by atoms with van der Waals surface area (Å²) in [6, 6.07) is 21.0. The molecule has 3 aromatic carbocycles. The number of esters is 1. The number of benzene rings is 3. The van der Waals surface area contributed by atoms with E-state index in [4.69, 9.17) is 10.00 Å². The van der Waals surface area contributed by atoms with Crippen molar-refractivity contribution in [1.82, 2.24) is 9.55 Å². The number of rotatable bonds is 8. The van der Waals surface area contributed by atoms with Gasteiger partial charge in [-0.05, 0) is 61.4 Å². The monoisotopic (exact) mass is 488 g/mol. The molecule has 9 heteroatoms. The lowest BCUT2D eigenvalue weighted by Crippen LogP contribution is -2.16. The van der Waals surface area contributed by atoms with Crippen molar-refractivity contribution in [3.63, 3.8) is 0 Å². The number of sulfonamides is 1. The summed E-state index contributed by atoms with van der Waals surface area (Å²) in [5.41, 5.74) is 3.70. The lowest BCUT2D eigenvalue weighted by molar-refractivity contribution is -0.143. The summed E-state index contributed by atoms with van der Waals surface area (Å²) >= 11 is 0. The fourth-order valence-electron chi connectivity index (χ4n) is 3.83. The summed E-state index contributed by atoms with van der Waals surface area (Å²) in [7, 11) is -3.80. The van der Waals surface area contributed by atoms with Gasteiger partial charge in [0.1, 0.15) is 12.4 Å². The lowest BCUT2D eigenvalue weighted by Gasteiger charge is -2.12. The molecule has 0 fully saturated rings. The van der Waals surface area contributed by atoms with Crippen LogP contribution < -0.4 is 4.72 Å². The zero-order valence-corrected chi connectivity index (χ0v) is 20.2. The Morgan fingerprint density at radius 3 is 2.54 bits per heavy atom. The minimum absolute atomic E-state index is 0.0655. The van der Waals surface area contributed by atoms with E-state index < -0.39 is 16.0 Å². The molecule has 35 heavy (non-hydrogen) atoms. The maximum absolute atomic E-state index is 13.0. The second-order valence-corrected chi connectivity index (χ2v) is 9.63. The lowest BCUT2D eigenvalue weighted by atomic mass is 10.1. The van der Waals surface area contributed by atoms with Gasteiger partial charge in [-0.25, -0.2) is 13.4 Å². The molecule has 1 N–H and O–H groups in total. The molecule has 0 spiro atoms. The Morgan fingerprint density at radius 1 is 1.11 bits per heavy atom. The Hall–Kier alpha value is -4.16. The molecule has 4 aromatic rings. The van der Waals surface area contributed by atoms with E-state index in [-0.39, 0.29) is 18.0 Å². The van der Waals surface area contributed by atoms with Gasteiger partial charge in [-0.2, -0.15) is 5.26 Å². The molecule has 1 aromatic heterocycles. The van der Waals surface area contributed by atoms with Gasteiger partial charge in [-0.15, -0.1) is 0 Å². The first-order valence-electron chi connectivity index (χ1n) is 11.0. The van der Waals surface area contributed by atoms with Crippen molar-refractivity contribution < 1.29 is 17.9 Å². The van der Waals surface area contributed by atoms with Crippen molar-refractivity contribution in [3.8, 4) is 6.07 Å². The van der Waals surface area contributed by atoms with Crippen LogP contribution in [-0.4, -0.2) is 30.5 Å². The van der Waals surface area contributed by atoms with Gasteiger partial charge in [-0.3, -0.25) is 9.52 Å². The van der Waals surface area contributed by atoms with Crippen molar-refractivity contribution in [3.05, 3.63) is 89.2 Å². The number of nitrogens with one attached hydrogen (secondary N) is 1. The van der Waals surface area contributed by atoms with Gasteiger partial charge in [0, 0.05) is 6.42 Å². The third-order valence-corrected chi connectivity index (χ3v) is 7.04. The number of aromatic nitrogens is 2. The molecular formula is C26H24N4O4S. The number of carbonyl (C=O) groups excluding carboxylic acids is 1. The fourth-order valence-corrected chi connectivity index (χ4v) is 5.13. The second-order valence-electron chi connectivity index (χ2n) is 7.98. The van der Waals surface area contributed by atoms with Crippen LogP contribution in [0.25, 0.3) is 11.0 Å². The minimum Gasteiger partial charge on any atom is -0.465 e. The number of nitrogens with zero attached hydrogens (tertiary/aromatic N) is 3. The van der Waals surface area contributed by atoms with Gasteiger partial charge < -0.3 is 9.30 Å². The highest BCUT2D eigenvalue weighted by Crippen LogP contribution is 2.25. The van der Waals surface area contributed by atoms with Crippen molar-refractivity contribution >= 4 is 32.7 Å². The Balaban J connectivity index is 1.73. The summed E-state index contributed by atoms with van der Waals surface area (Å²) < 4.78 is 35.5. The van der Waals surface area contributed by atoms with E-state index in [0.717, 1.165) is 5.56 Å². The van der Waals surface area contributed by atoms with Crippen molar-refractivity contribution in [2.75, 3.05) is 11.3 Å². The van der Waals surface area contributed by atoms with Crippen molar-refractivity contribution in [2.24, 2.45) is 0 Å². The molecular weight excluding hydrogens is 464 g/mol. The number of carbonyl (C=O) groups is 1. The van der Waals surface area contributed by atoms with Gasteiger partial charge >= 0.3 is 5.97 Å². The van der Waals surface area contributed by atoms with Crippen LogP contribution in [-0.2, 0) is 32.5 Å². The maximum Gasteiger partial charge on any atom is 0.326 e. The molecule has 0 radical (unpaired) electrons. The van der Waals surface area contributed by atoms with Crippen molar-refractivity contribution in [1.29, 1.82) is 5.26 Å². The Kier molecular flexibility index (Phi) is 6.85. The predicted molar refractivity (Wildman–Crippen MR) is 132 cm³/mol. The third kappa shape index (κ3) is 5.34. The normalized spacial score (nSPS) is 11.2. The van der Waals surface area contributed by atoms with Crippen LogP contribution in [0.1, 0.15) is 29.4 Å². The molecule has 0 aliphatic rings. The maximum atomic E-state index is 13.0. The molecule has 0 amide bonds. The first kappa shape index (κ1) is 24.0. The van der Waals surface area contributed by atoms with Crippen LogP contribution in [0, 0.1) is 18.3 Å². The summed E-state index contributed by atoms with van der Waals surface area (Å²) in [5.74, 6) is 0.204. The number of ether oxygens (including phenoxy) is 1.